The Morgan fingerprint density at radius 3 is 2.64 bits per heavy atom. The Bertz CT molecular complexity index is 1050. The number of rotatable bonds is 4. The molecular weight excluding hydrogens is 426 g/mol. The van der Waals surface area contributed by atoms with Crippen molar-refractivity contribution in [3.05, 3.63) is 50.1 Å². The zero-order chi connectivity index (χ0) is 23.3. The van der Waals surface area contributed by atoms with Crippen LogP contribution in [-0.4, -0.2) is 26.8 Å². The maximum atomic E-state index is 11.3. The predicted octanol–water partition coefficient (Wildman–Crippen LogP) is 5.17. The summed E-state index contributed by atoms with van der Waals surface area (Å²) >= 11 is 0. The molecule has 0 spiro atoms. The lowest BCUT2D eigenvalue weighted by molar-refractivity contribution is -0.394. The zero-order valence-electron chi connectivity index (χ0n) is 18.7. The quantitative estimate of drug-likeness (QED) is 0.492. The van der Waals surface area contributed by atoms with Crippen molar-refractivity contribution in [3.8, 4) is 5.75 Å². The van der Waals surface area contributed by atoms with Gasteiger partial charge in [0, 0.05) is 6.07 Å². The molecule has 4 aliphatic carbocycles. The normalized spacial score (nSPS) is 36.4. The average molecular weight is 456 g/mol. The van der Waals surface area contributed by atoms with Crippen molar-refractivity contribution in [3.63, 3.8) is 0 Å². The van der Waals surface area contributed by atoms with Gasteiger partial charge in [-0.05, 0) is 92.6 Å². The van der Waals surface area contributed by atoms with Gasteiger partial charge in [0.1, 0.15) is 0 Å². The van der Waals surface area contributed by atoms with Crippen molar-refractivity contribution in [2.75, 3.05) is 0 Å². The number of oxime groups is 1. The Morgan fingerprint density at radius 2 is 1.88 bits per heavy atom. The van der Waals surface area contributed by atoms with Crippen LogP contribution in [0.15, 0.2) is 35.0 Å². The van der Waals surface area contributed by atoms with Crippen LogP contribution in [0.3, 0.4) is 0 Å². The number of benzene rings is 1. The Labute approximate surface area is 191 Å². The zero-order valence-corrected chi connectivity index (χ0v) is 18.7. The summed E-state index contributed by atoms with van der Waals surface area (Å²) in [5, 5.41) is 37.0. The summed E-state index contributed by atoms with van der Waals surface area (Å²) in [7, 11) is 0. The third kappa shape index (κ3) is 3.72. The molecule has 0 aliphatic heterocycles. The van der Waals surface area contributed by atoms with Gasteiger partial charge in [0.15, 0.2) is 0 Å². The molecular formula is C24H29N3O6. The van der Waals surface area contributed by atoms with E-state index in [0.29, 0.717) is 23.7 Å². The lowest BCUT2D eigenvalue weighted by Gasteiger charge is -2.53. The summed E-state index contributed by atoms with van der Waals surface area (Å²) in [5.41, 5.74) is 1.39. The molecule has 1 N–H and O–H groups in total. The van der Waals surface area contributed by atoms with E-state index in [2.05, 4.69) is 18.2 Å². The Balaban J connectivity index is 1.32. The summed E-state index contributed by atoms with van der Waals surface area (Å²) in [5.74, 6) is 2.40. The monoisotopic (exact) mass is 455 g/mol. The fraction of sp³-hybridized carbons (Fsp3) is 0.625. The molecule has 0 unspecified atom stereocenters. The highest BCUT2D eigenvalue weighted by Crippen LogP contribution is 2.61. The SMILES string of the molecule is C[C@]12CC[C@H]3[C@@H](CCC4=C/C(=N/Oc5ccc([N+](=O)[O-])cc5[N+](=O)[O-])CC[C@@H]43)[C@@H]1CC[C@@H]2O. The number of hydrogen-bond donors (Lipinski definition) is 1. The van der Waals surface area contributed by atoms with Gasteiger partial charge in [-0.15, -0.1) is 0 Å². The van der Waals surface area contributed by atoms with E-state index in [4.69, 9.17) is 4.84 Å². The summed E-state index contributed by atoms with van der Waals surface area (Å²) < 4.78 is 0. The van der Waals surface area contributed by atoms with Crippen LogP contribution in [0.4, 0.5) is 11.4 Å². The van der Waals surface area contributed by atoms with Crippen molar-refractivity contribution in [2.24, 2.45) is 34.2 Å². The number of aliphatic hydroxyl groups excluding tert-OH is 1. The van der Waals surface area contributed by atoms with Crippen LogP contribution in [0.2, 0.25) is 0 Å². The Kier molecular flexibility index (Phi) is 5.47. The van der Waals surface area contributed by atoms with Crippen molar-refractivity contribution in [1.82, 2.24) is 0 Å². The van der Waals surface area contributed by atoms with Crippen LogP contribution >= 0.6 is 0 Å². The summed E-state index contributed by atoms with van der Waals surface area (Å²) in [6.07, 6.45) is 10.1. The first kappa shape index (κ1) is 22.0. The van der Waals surface area contributed by atoms with E-state index < -0.39 is 15.5 Å². The van der Waals surface area contributed by atoms with Crippen molar-refractivity contribution < 1.29 is 19.8 Å². The number of allylic oxidation sites excluding steroid dienone is 2. The fourth-order valence-corrected chi connectivity index (χ4v) is 7.19. The molecule has 6 atom stereocenters. The number of aliphatic hydroxyl groups is 1. The van der Waals surface area contributed by atoms with E-state index in [1.165, 1.54) is 17.7 Å². The molecule has 0 bridgehead atoms. The van der Waals surface area contributed by atoms with Crippen molar-refractivity contribution in [2.45, 2.75) is 64.4 Å². The van der Waals surface area contributed by atoms with Gasteiger partial charge in [0.25, 0.3) is 5.69 Å². The van der Waals surface area contributed by atoms with Gasteiger partial charge in [-0.2, -0.15) is 0 Å². The number of nitro benzene ring substituents is 2. The first-order chi connectivity index (χ1) is 15.8. The predicted molar refractivity (Wildman–Crippen MR) is 121 cm³/mol. The van der Waals surface area contributed by atoms with Crippen LogP contribution in [0.5, 0.6) is 5.75 Å². The van der Waals surface area contributed by atoms with E-state index >= 15 is 0 Å². The molecule has 1 aromatic rings. The molecule has 9 heteroatoms. The topological polar surface area (TPSA) is 128 Å². The standard InChI is InChI=1S/C24H29N3O6/c1-24-11-10-18-17-6-3-15(12-14(17)2-5-19(18)20(24)7-9-23(24)28)25-33-22-8-4-16(26(29)30)13-21(22)27(31)32/h4,8,12-13,17-20,23,28H,2-3,5-7,9-11H2,1H3/b25-15+/t17-,18+,19+,20-,23-,24-/m0/s1. The highest BCUT2D eigenvalue weighted by molar-refractivity contribution is 5.96. The van der Waals surface area contributed by atoms with Gasteiger partial charge in [0.05, 0.1) is 27.7 Å². The number of nitrogens with zero attached hydrogens (tertiary/aromatic N) is 3. The van der Waals surface area contributed by atoms with E-state index in [1.807, 2.05) is 0 Å². The van der Waals surface area contributed by atoms with E-state index in [-0.39, 0.29) is 23.0 Å². The maximum Gasteiger partial charge on any atom is 0.321 e. The summed E-state index contributed by atoms with van der Waals surface area (Å²) in [4.78, 5) is 26.3. The van der Waals surface area contributed by atoms with Crippen LogP contribution in [-0.2, 0) is 0 Å². The minimum Gasteiger partial charge on any atom is -0.393 e. The van der Waals surface area contributed by atoms with E-state index in [1.54, 1.807) is 0 Å². The van der Waals surface area contributed by atoms with Crippen LogP contribution in [0.25, 0.3) is 0 Å². The van der Waals surface area contributed by atoms with Gasteiger partial charge in [-0.3, -0.25) is 20.2 Å². The van der Waals surface area contributed by atoms with Crippen LogP contribution in [0.1, 0.15) is 58.3 Å². The molecule has 9 nitrogen and oxygen atoms in total. The molecule has 0 amide bonds. The molecule has 1 aromatic carbocycles. The molecule has 0 radical (unpaired) electrons. The van der Waals surface area contributed by atoms with Crippen LogP contribution in [0, 0.1) is 49.3 Å². The highest BCUT2D eigenvalue weighted by atomic mass is 16.7. The first-order valence-electron chi connectivity index (χ1n) is 11.8. The van der Waals surface area contributed by atoms with E-state index in [9.17, 15) is 25.3 Å². The van der Waals surface area contributed by atoms with Gasteiger partial charge in [-0.1, -0.05) is 17.7 Å². The molecule has 3 saturated carbocycles. The molecule has 5 rings (SSSR count). The summed E-state index contributed by atoms with van der Waals surface area (Å²) in [6.45, 7) is 2.29. The number of hydrogen-bond acceptors (Lipinski definition) is 7. The Hall–Kier alpha value is -2.81. The number of nitro groups is 2. The lowest BCUT2D eigenvalue weighted by atomic mass is 9.52. The molecule has 3 fully saturated rings. The second-order valence-corrected chi connectivity index (χ2v) is 10.3. The third-order valence-electron chi connectivity index (χ3n) is 8.88. The van der Waals surface area contributed by atoms with E-state index in [0.717, 1.165) is 63.1 Å². The van der Waals surface area contributed by atoms with Gasteiger partial charge in [-0.25, -0.2) is 0 Å². The molecule has 0 saturated heterocycles. The van der Waals surface area contributed by atoms with Crippen molar-refractivity contribution in [1.29, 1.82) is 0 Å². The minimum absolute atomic E-state index is 0.0803. The maximum absolute atomic E-state index is 11.3. The van der Waals surface area contributed by atoms with Gasteiger partial charge < -0.3 is 9.94 Å². The lowest BCUT2D eigenvalue weighted by Crippen LogP contribution is -2.47. The number of non-ortho nitro benzene ring substituents is 1. The second kappa shape index (κ2) is 8.20. The minimum atomic E-state index is -0.698. The average Bonchev–Trinajstić information content (AvgIpc) is 3.11. The fourth-order valence-electron chi connectivity index (χ4n) is 7.19. The molecule has 0 aromatic heterocycles. The van der Waals surface area contributed by atoms with Gasteiger partial charge in [0.2, 0.25) is 5.75 Å². The number of fused-ring (bicyclic) bond motifs is 5. The molecule has 4 aliphatic rings. The molecule has 33 heavy (non-hydrogen) atoms. The van der Waals surface area contributed by atoms with Crippen LogP contribution < -0.4 is 4.84 Å². The smallest absolute Gasteiger partial charge is 0.321 e. The third-order valence-corrected chi connectivity index (χ3v) is 8.88. The van der Waals surface area contributed by atoms with Crippen molar-refractivity contribution >= 4 is 17.1 Å². The molecule has 0 heterocycles. The summed E-state index contributed by atoms with van der Waals surface area (Å²) in [6, 6.07) is 3.29. The second-order valence-electron chi connectivity index (χ2n) is 10.3. The highest BCUT2D eigenvalue weighted by Gasteiger charge is 2.55. The first-order valence-corrected chi connectivity index (χ1v) is 11.8. The largest absolute Gasteiger partial charge is 0.393 e. The Morgan fingerprint density at radius 1 is 1.06 bits per heavy atom. The molecule has 176 valence electrons. The van der Waals surface area contributed by atoms with Gasteiger partial charge >= 0.3 is 5.69 Å².